The Morgan fingerprint density at radius 1 is 1.28 bits per heavy atom. The van der Waals surface area contributed by atoms with Crippen molar-refractivity contribution in [2.24, 2.45) is 0 Å². The molecule has 0 aliphatic heterocycles. The van der Waals surface area contributed by atoms with Gasteiger partial charge in [-0.15, -0.1) is 0 Å². The molecule has 1 atom stereocenters. The van der Waals surface area contributed by atoms with Gasteiger partial charge >= 0.3 is 0 Å². The van der Waals surface area contributed by atoms with E-state index >= 15 is 0 Å². The quantitative estimate of drug-likeness (QED) is 0.621. The third-order valence-electron chi connectivity index (χ3n) is 2.48. The van der Waals surface area contributed by atoms with E-state index in [2.05, 4.69) is 19.9 Å². The lowest BCUT2D eigenvalue weighted by Crippen LogP contribution is -2.14. The molecule has 4 heteroatoms. The van der Waals surface area contributed by atoms with E-state index in [-0.39, 0.29) is 12.5 Å². The first-order valence-corrected chi connectivity index (χ1v) is 6.01. The molecule has 0 radical (unpaired) electrons. The van der Waals surface area contributed by atoms with Gasteiger partial charge in [-0.25, -0.2) is 0 Å². The fraction of sp³-hybridized carbons (Fsp3) is 0.500. The largest absolute Gasteiger partial charge is 0.489 e. The monoisotopic (exact) mass is 249 g/mol. The van der Waals surface area contributed by atoms with Crippen molar-refractivity contribution in [3.63, 3.8) is 0 Å². The molecule has 0 heterocycles. The first kappa shape index (κ1) is 14.5. The second-order valence-corrected chi connectivity index (χ2v) is 4.31. The Kier molecular flexibility index (Phi) is 5.63. The Bertz CT molecular complexity index is 422. The van der Waals surface area contributed by atoms with Gasteiger partial charge in [0.25, 0.3) is 0 Å². The van der Waals surface area contributed by atoms with Gasteiger partial charge in [-0.1, -0.05) is 26.0 Å². The zero-order valence-corrected chi connectivity index (χ0v) is 11.0. The summed E-state index contributed by atoms with van der Waals surface area (Å²) in [5.74, 6) is 0.898. The minimum absolute atomic E-state index is 0.283. The molecule has 0 aromatic heterocycles. The van der Waals surface area contributed by atoms with Crippen LogP contribution in [0.15, 0.2) is 18.2 Å². The normalized spacial score (nSPS) is 12.2. The Hall–Kier alpha value is -1.57. The van der Waals surface area contributed by atoms with Crippen LogP contribution in [0.3, 0.4) is 0 Å². The van der Waals surface area contributed by atoms with Gasteiger partial charge in [-0.2, -0.15) is 5.26 Å². The molecule has 1 rings (SSSR count). The number of aliphatic hydroxyl groups is 1. The van der Waals surface area contributed by atoms with Crippen molar-refractivity contribution in [3.8, 4) is 11.8 Å². The summed E-state index contributed by atoms with van der Waals surface area (Å²) < 4.78 is 10.6. The smallest absolute Gasteiger partial charge is 0.151 e. The fourth-order valence-corrected chi connectivity index (χ4v) is 1.62. The van der Waals surface area contributed by atoms with Crippen LogP contribution < -0.4 is 4.74 Å². The lowest BCUT2D eigenvalue weighted by Gasteiger charge is -2.15. The highest BCUT2D eigenvalue weighted by Crippen LogP contribution is 2.29. The van der Waals surface area contributed by atoms with E-state index < -0.39 is 6.29 Å². The molecule has 1 aromatic rings. The Morgan fingerprint density at radius 3 is 2.56 bits per heavy atom. The van der Waals surface area contributed by atoms with Crippen molar-refractivity contribution in [1.29, 1.82) is 5.26 Å². The van der Waals surface area contributed by atoms with E-state index in [0.29, 0.717) is 17.9 Å². The molecule has 0 aliphatic carbocycles. The van der Waals surface area contributed by atoms with Crippen LogP contribution in [0.5, 0.6) is 5.75 Å². The van der Waals surface area contributed by atoms with Crippen molar-refractivity contribution < 1.29 is 14.6 Å². The highest BCUT2D eigenvalue weighted by Gasteiger charge is 2.12. The number of nitrogens with zero attached hydrogens (tertiary/aromatic N) is 1. The van der Waals surface area contributed by atoms with Crippen molar-refractivity contribution in [3.05, 3.63) is 29.3 Å². The third-order valence-corrected chi connectivity index (χ3v) is 2.48. The van der Waals surface area contributed by atoms with E-state index in [4.69, 9.17) is 19.8 Å². The maximum atomic E-state index is 9.07. The molecule has 0 aliphatic rings. The van der Waals surface area contributed by atoms with Crippen LogP contribution >= 0.6 is 0 Å². The molecule has 1 aromatic carbocycles. The van der Waals surface area contributed by atoms with E-state index in [1.165, 1.54) is 0 Å². The standard InChI is InChI=1S/C14H19NO3/c1-10(2)13-6-4-5-12(9-15)14(13)18-8-7-17-11(3)16/h4-6,10-11,16H,7-8H2,1-3H3. The summed E-state index contributed by atoms with van der Waals surface area (Å²) in [6.45, 7) is 6.24. The summed E-state index contributed by atoms with van der Waals surface area (Å²) in [6.07, 6.45) is -0.802. The van der Waals surface area contributed by atoms with Crippen LogP contribution in [0, 0.1) is 11.3 Å². The maximum Gasteiger partial charge on any atom is 0.151 e. The Balaban J connectivity index is 2.76. The molecule has 0 saturated carbocycles. The Morgan fingerprint density at radius 2 is 2.00 bits per heavy atom. The molecule has 0 spiro atoms. The molecular formula is C14H19NO3. The van der Waals surface area contributed by atoms with Crippen molar-refractivity contribution in [1.82, 2.24) is 0 Å². The van der Waals surface area contributed by atoms with Gasteiger partial charge in [0.05, 0.1) is 12.2 Å². The minimum atomic E-state index is -0.802. The average Bonchev–Trinajstić information content (AvgIpc) is 2.33. The molecule has 0 amide bonds. The summed E-state index contributed by atoms with van der Waals surface area (Å²) >= 11 is 0. The summed E-state index contributed by atoms with van der Waals surface area (Å²) in [5, 5.41) is 18.0. The Labute approximate surface area is 108 Å². The van der Waals surface area contributed by atoms with Gasteiger partial charge < -0.3 is 14.6 Å². The molecule has 1 N–H and O–H groups in total. The number of ether oxygens (including phenoxy) is 2. The van der Waals surface area contributed by atoms with Gasteiger partial charge in [-0.05, 0) is 24.5 Å². The van der Waals surface area contributed by atoms with E-state index in [0.717, 1.165) is 5.56 Å². The molecule has 18 heavy (non-hydrogen) atoms. The summed E-state index contributed by atoms with van der Waals surface area (Å²) in [5.41, 5.74) is 1.53. The van der Waals surface area contributed by atoms with Gasteiger partial charge in [-0.3, -0.25) is 0 Å². The SMILES string of the molecule is CC(O)OCCOc1c(C#N)cccc1C(C)C. The molecule has 0 saturated heterocycles. The van der Waals surface area contributed by atoms with E-state index in [1.54, 1.807) is 13.0 Å². The third kappa shape index (κ3) is 4.02. The number of nitriles is 1. The van der Waals surface area contributed by atoms with Crippen LogP contribution in [0.1, 0.15) is 37.8 Å². The number of para-hydroxylation sites is 1. The maximum absolute atomic E-state index is 9.07. The zero-order valence-electron chi connectivity index (χ0n) is 11.0. The summed E-state index contributed by atoms with van der Waals surface area (Å²) in [6, 6.07) is 7.67. The molecular weight excluding hydrogens is 230 g/mol. The highest BCUT2D eigenvalue weighted by molar-refractivity contribution is 5.49. The topological polar surface area (TPSA) is 62.5 Å². The van der Waals surface area contributed by atoms with Crippen molar-refractivity contribution in [2.45, 2.75) is 33.0 Å². The number of aliphatic hydroxyl groups excluding tert-OH is 1. The van der Waals surface area contributed by atoms with Crippen LogP contribution in [-0.2, 0) is 4.74 Å². The van der Waals surface area contributed by atoms with Crippen LogP contribution in [-0.4, -0.2) is 24.6 Å². The number of hydrogen-bond donors (Lipinski definition) is 1. The first-order valence-electron chi connectivity index (χ1n) is 6.01. The van der Waals surface area contributed by atoms with Crippen LogP contribution in [0.2, 0.25) is 0 Å². The zero-order chi connectivity index (χ0) is 13.5. The molecule has 1 unspecified atom stereocenters. The minimum Gasteiger partial charge on any atom is -0.489 e. The van der Waals surface area contributed by atoms with E-state index in [1.807, 2.05) is 12.1 Å². The van der Waals surface area contributed by atoms with Gasteiger partial charge in [0.15, 0.2) is 6.29 Å². The second kappa shape index (κ2) is 7.00. The number of rotatable bonds is 6. The number of hydrogen-bond acceptors (Lipinski definition) is 4. The van der Waals surface area contributed by atoms with E-state index in [9.17, 15) is 0 Å². The van der Waals surface area contributed by atoms with Crippen molar-refractivity contribution in [2.75, 3.05) is 13.2 Å². The predicted octanol–water partition coefficient (Wildman–Crippen LogP) is 2.42. The molecule has 98 valence electrons. The second-order valence-electron chi connectivity index (χ2n) is 4.31. The van der Waals surface area contributed by atoms with Gasteiger partial charge in [0, 0.05) is 0 Å². The van der Waals surface area contributed by atoms with Crippen molar-refractivity contribution >= 4 is 0 Å². The van der Waals surface area contributed by atoms with Gasteiger partial charge in [0.1, 0.15) is 18.4 Å². The molecule has 4 nitrogen and oxygen atoms in total. The average molecular weight is 249 g/mol. The predicted molar refractivity (Wildman–Crippen MR) is 68.4 cm³/mol. The fourth-order valence-electron chi connectivity index (χ4n) is 1.62. The van der Waals surface area contributed by atoms with Crippen LogP contribution in [0.4, 0.5) is 0 Å². The number of benzene rings is 1. The van der Waals surface area contributed by atoms with Gasteiger partial charge in [0.2, 0.25) is 0 Å². The first-order chi connectivity index (χ1) is 8.56. The lowest BCUT2D eigenvalue weighted by atomic mass is 9.99. The van der Waals surface area contributed by atoms with Crippen LogP contribution in [0.25, 0.3) is 0 Å². The molecule has 0 bridgehead atoms. The highest BCUT2D eigenvalue weighted by atomic mass is 16.6. The lowest BCUT2D eigenvalue weighted by molar-refractivity contribution is -0.0914. The summed E-state index contributed by atoms with van der Waals surface area (Å²) in [4.78, 5) is 0. The molecule has 0 fully saturated rings. The summed E-state index contributed by atoms with van der Waals surface area (Å²) in [7, 11) is 0.